The van der Waals surface area contributed by atoms with Crippen LogP contribution in [-0.2, 0) is 22.1 Å². The van der Waals surface area contributed by atoms with Crippen molar-refractivity contribution in [2.24, 2.45) is 0 Å². The van der Waals surface area contributed by atoms with Crippen LogP contribution in [0.1, 0.15) is 35.2 Å². The van der Waals surface area contributed by atoms with Crippen LogP contribution in [0.3, 0.4) is 0 Å². The zero-order valence-electron chi connectivity index (χ0n) is 11.7. The summed E-state index contributed by atoms with van der Waals surface area (Å²) in [4.78, 5) is 4.31. The summed E-state index contributed by atoms with van der Waals surface area (Å²) in [6.07, 6.45) is 1.22. The number of rotatable bonds is 6. The van der Waals surface area contributed by atoms with E-state index >= 15 is 0 Å². The first-order valence-electron chi connectivity index (χ1n) is 6.24. The van der Waals surface area contributed by atoms with Gasteiger partial charge in [-0.25, -0.2) is 13.4 Å². The second kappa shape index (κ2) is 6.07. The minimum absolute atomic E-state index is 0.00456. The predicted molar refractivity (Wildman–Crippen MR) is 79.4 cm³/mol. The van der Waals surface area contributed by atoms with E-state index in [1.807, 2.05) is 31.4 Å². The normalized spacial score (nSPS) is 13.6. The highest BCUT2D eigenvalue weighted by Gasteiger charge is 2.12. The molecule has 2 heterocycles. The first-order valence-corrected chi connectivity index (χ1v) is 9.18. The molecule has 2 rings (SSSR count). The SMILES string of the molecule is Cc1ccc(C(C)NCc2csc(CS(C)(=O)=O)n2)o1. The molecule has 5 nitrogen and oxygen atoms in total. The van der Waals surface area contributed by atoms with Crippen molar-refractivity contribution >= 4 is 21.2 Å². The van der Waals surface area contributed by atoms with E-state index < -0.39 is 9.84 Å². The van der Waals surface area contributed by atoms with Crippen LogP contribution < -0.4 is 5.32 Å². The van der Waals surface area contributed by atoms with Crippen LogP contribution in [0.15, 0.2) is 21.9 Å². The van der Waals surface area contributed by atoms with E-state index in [9.17, 15) is 8.42 Å². The van der Waals surface area contributed by atoms with E-state index in [0.29, 0.717) is 11.6 Å². The number of aromatic nitrogens is 1. The first kappa shape index (κ1) is 15.2. The lowest BCUT2D eigenvalue weighted by Gasteiger charge is -2.09. The zero-order chi connectivity index (χ0) is 14.8. The number of nitrogens with one attached hydrogen (secondary N) is 1. The van der Waals surface area contributed by atoms with Gasteiger partial charge < -0.3 is 9.73 Å². The Morgan fingerprint density at radius 3 is 2.80 bits per heavy atom. The van der Waals surface area contributed by atoms with Crippen molar-refractivity contribution in [1.82, 2.24) is 10.3 Å². The van der Waals surface area contributed by atoms with E-state index in [1.54, 1.807) is 0 Å². The molecule has 0 saturated carbocycles. The highest BCUT2D eigenvalue weighted by molar-refractivity contribution is 7.90. The van der Waals surface area contributed by atoms with Gasteiger partial charge in [-0.15, -0.1) is 11.3 Å². The van der Waals surface area contributed by atoms with Gasteiger partial charge >= 0.3 is 0 Å². The number of hydrogen-bond donors (Lipinski definition) is 1. The van der Waals surface area contributed by atoms with Crippen LogP contribution in [0.2, 0.25) is 0 Å². The lowest BCUT2D eigenvalue weighted by Crippen LogP contribution is -2.17. The Bertz CT molecular complexity index is 673. The third kappa shape index (κ3) is 4.43. The minimum Gasteiger partial charge on any atom is -0.465 e. The maximum absolute atomic E-state index is 11.2. The van der Waals surface area contributed by atoms with Gasteiger partial charge in [0.1, 0.15) is 22.3 Å². The maximum Gasteiger partial charge on any atom is 0.153 e. The first-order chi connectivity index (χ1) is 9.33. The number of hydrogen-bond acceptors (Lipinski definition) is 6. The molecule has 7 heteroatoms. The molecule has 0 fully saturated rings. The molecule has 20 heavy (non-hydrogen) atoms. The highest BCUT2D eigenvalue weighted by atomic mass is 32.2. The lowest BCUT2D eigenvalue weighted by molar-refractivity contribution is 0.415. The van der Waals surface area contributed by atoms with Gasteiger partial charge in [0, 0.05) is 18.2 Å². The number of furan rings is 1. The van der Waals surface area contributed by atoms with E-state index in [0.717, 1.165) is 17.2 Å². The average molecular weight is 314 g/mol. The Morgan fingerprint density at radius 2 is 2.20 bits per heavy atom. The molecule has 1 unspecified atom stereocenters. The maximum atomic E-state index is 11.2. The second-order valence-corrected chi connectivity index (χ2v) is 7.94. The van der Waals surface area contributed by atoms with Crippen molar-refractivity contribution in [3.05, 3.63) is 39.7 Å². The summed E-state index contributed by atoms with van der Waals surface area (Å²) < 4.78 is 27.9. The van der Waals surface area contributed by atoms with E-state index in [-0.39, 0.29) is 11.8 Å². The fourth-order valence-electron chi connectivity index (χ4n) is 1.77. The molecule has 1 atom stereocenters. The molecule has 110 valence electrons. The van der Waals surface area contributed by atoms with Crippen LogP contribution in [-0.4, -0.2) is 19.7 Å². The number of aryl methyl sites for hydroxylation is 1. The Morgan fingerprint density at radius 1 is 1.45 bits per heavy atom. The van der Waals surface area contributed by atoms with Gasteiger partial charge in [0.05, 0.1) is 11.7 Å². The molecule has 0 aliphatic heterocycles. The lowest BCUT2D eigenvalue weighted by atomic mass is 10.2. The number of sulfone groups is 1. The van der Waals surface area contributed by atoms with Gasteiger partial charge in [-0.3, -0.25) is 0 Å². The van der Waals surface area contributed by atoms with E-state index in [1.165, 1.54) is 17.6 Å². The Kier molecular flexibility index (Phi) is 4.62. The van der Waals surface area contributed by atoms with Gasteiger partial charge in [0.2, 0.25) is 0 Å². The summed E-state index contributed by atoms with van der Waals surface area (Å²) in [7, 11) is -3.02. The van der Waals surface area contributed by atoms with E-state index in [2.05, 4.69) is 10.3 Å². The van der Waals surface area contributed by atoms with Gasteiger partial charge in [-0.2, -0.15) is 0 Å². The second-order valence-electron chi connectivity index (χ2n) is 4.85. The Labute approximate surface area is 123 Å². The molecule has 0 bridgehead atoms. The third-order valence-corrected chi connectivity index (χ3v) is 4.64. The summed E-state index contributed by atoms with van der Waals surface area (Å²) >= 11 is 1.37. The summed E-state index contributed by atoms with van der Waals surface area (Å²) in [5.41, 5.74) is 0.851. The van der Waals surface area contributed by atoms with Gasteiger partial charge in [0.15, 0.2) is 9.84 Å². The standard InChI is InChI=1S/C13H18N2O3S2/c1-9-4-5-12(18-9)10(2)14-6-11-7-19-13(15-11)8-20(3,16)17/h4-5,7,10,14H,6,8H2,1-3H3. The van der Waals surface area contributed by atoms with Crippen molar-refractivity contribution in [3.8, 4) is 0 Å². The van der Waals surface area contributed by atoms with Crippen molar-refractivity contribution in [1.29, 1.82) is 0 Å². The molecule has 0 aromatic carbocycles. The summed E-state index contributed by atoms with van der Waals surface area (Å²) in [6, 6.07) is 3.97. The molecule has 0 radical (unpaired) electrons. The Balaban J connectivity index is 1.91. The van der Waals surface area contributed by atoms with Crippen molar-refractivity contribution in [2.75, 3.05) is 6.26 Å². The number of nitrogens with zero attached hydrogens (tertiary/aromatic N) is 1. The third-order valence-electron chi connectivity index (χ3n) is 2.76. The van der Waals surface area contributed by atoms with Crippen LogP contribution in [0.25, 0.3) is 0 Å². The highest BCUT2D eigenvalue weighted by Crippen LogP contribution is 2.17. The van der Waals surface area contributed by atoms with E-state index in [4.69, 9.17) is 4.42 Å². The summed E-state index contributed by atoms with van der Waals surface area (Å²) in [5.74, 6) is 1.77. The minimum atomic E-state index is -3.02. The van der Waals surface area contributed by atoms with Crippen molar-refractivity contribution < 1.29 is 12.8 Å². The topological polar surface area (TPSA) is 72.2 Å². The smallest absolute Gasteiger partial charge is 0.153 e. The molecule has 0 aliphatic carbocycles. The van der Waals surface area contributed by atoms with Crippen molar-refractivity contribution in [2.45, 2.75) is 32.2 Å². The van der Waals surface area contributed by atoms with Gasteiger partial charge in [-0.1, -0.05) is 0 Å². The van der Waals surface area contributed by atoms with Gasteiger partial charge in [-0.05, 0) is 26.0 Å². The molecule has 2 aromatic heterocycles. The molecule has 0 amide bonds. The fraction of sp³-hybridized carbons (Fsp3) is 0.462. The van der Waals surface area contributed by atoms with Crippen LogP contribution >= 0.6 is 11.3 Å². The van der Waals surface area contributed by atoms with Crippen LogP contribution in [0.5, 0.6) is 0 Å². The molecule has 0 saturated heterocycles. The van der Waals surface area contributed by atoms with Gasteiger partial charge in [0.25, 0.3) is 0 Å². The average Bonchev–Trinajstić information content (AvgIpc) is 2.93. The molecular formula is C13H18N2O3S2. The molecular weight excluding hydrogens is 296 g/mol. The monoisotopic (exact) mass is 314 g/mol. The quantitative estimate of drug-likeness (QED) is 0.886. The summed E-state index contributed by atoms with van der Waals surface area (Å²) in [6.45, 7) is 4.51. The molecule has 0 aliphatic rings. The van der Waals surface area contributed by atoms with Crippen LogP contribution in [0.4, 0.5) is 0 Å². The predicted octanol–water partition coefficient (Wildman–Crippen LogP) is 2.44. The van der Waals surface area contributed by atoms with Crippen molar-refractivity contribution in [3.63, 3.8) is 0 Å². The van der Waals surface area contributed by atoms with Crippen LogP contribution in [0, 0.1) is 6.92 Å². The number of thiazole rings is 1. The largest absolute Gasteiger partial charge is 0.465 e. The molecule has 1 N–H and O–H groups in total. The Hall–Kier alpha value is -1.18. The zero-order valence-corrected chi connectivity index (χ0v) is 13.3. The summed E-state index contributed by atoms with van der Waals surface area (Å²) in [5, 5.41) is 5.82. The fourth-order valence-corrected chi connectivity index (χ4v) is 3.77. The molecule has 0 spiro atoms. The molecule has 2 aromatic rings.